The molecular weight excluding hydrogens is 307 g/mol. The number of hydrogen-bond acceptors (Lipinski definition) is 3. The Kier molecular flexibility index (Phi) is 3.79. The van der Waals surface area contributed by atoms with Gasteiger partial charge in [-0.3, -0.25) is 4.79 Å². The fraction of sp³-hybridized carbons (Fsp3) is 0.312. The first-order valence-corrected chi connectivity index (χ1v) is 7.12. The Labute approximate surface area is 131 Å². The van der Waals surface area contributed by atoms with E-state index in [-0.39, 0.29) is 12.5 Å². The zero-order chi connectivity index (χ0) is 16.6. The molecule has 1 amide bonds. The number of halogens is 3. The first-order valence-electron chi connectivity index (χ1n) is 7.12. The minimum atomic E-state index is -4.39. The number of nitrogens with zero attached hydrogens (tertiary/aromatic N) is 3. The van der Waals surface area contributed by atoms with Gasteiger partial charge >= 0.3 is 6.18 Å². The zero-order valence-electron chi connectivity index (χ0n) is 12.4. The minimum Gasteiger partial charge on any atom is -0.334 e. The largest absolute Gasteiger partial charge is 0.416 e. The number of amides is 1. The van der Waals surface area contributed by atoms with Crippen molar-refractivity contribution >= 4 is 5.91 Å². The van der Waals surface area contributed by atoms with Crippen LogP contribution in [-0.4, -0.2) is 27.3 Å². The third kappa shape index (κ3) is 3.04. The van der Waals surface area contributed by atoms with Gasteiger partial charge in [0.1, 0.15) is 6.33 Å². The summed E-state index contributed by atoms with van der Waals surface area (Å²) in [7, 11) is 0. The predicted molar refractivity (Wildman–Crippen MR) is 76.7 cm³/mol. The van der Waals surface area contributed by atoms with Crippen LogP contribution >= 0.6 is 0 Å². The van der Waals surface area contributed by atoms with Crippen LogP contribution < -0.4 is 0 Å². The molecule has 0 spiro atoms. The molecule has 23 heavy (non-hydrogen) atoms. The van der Waals surface area contributed by atoms with Crippen molar-refractivity contribution in [3.8, 4) is 0 Å². The maximum atomic E-state index is 12.8. The third-order valence-corrected chi connectivity index (χ3v) is 3.86. The Bertz CT molecular complexity index is 758. The highest BCUT2D eigenvalue weighted by Crippen LogP contribution is 2.30. The van der Waals surface area contributed by atoms with Crippen molar-refractivity contribution in [2.75, 3.05) is 6.54 Å². The van der Waals surface area contributed by atoms with Crippen LogP contribution in [0.2, 0.25) is 0 Å². The number of fused-ring (bicyclic) bond motifs is 1. The zero-order valence-corrected chi connectivity index (χ0v) is 12.4. The lowest BCUT2D eigenvalue weighted by Crippen LogP contribution is -2.38. The molecule has 0 aliphatic carbocycles. The smallest absolute Gasteiger partial charge is 0.334 e. The Balaban J connectivity index is 1.85. The summed E-state index contributed by atoms with van der Waals surface area (Å²) in [4.78, 5) is 22.2. The van der Waals surface area contributed by atoms with E-state index >= 15 is 0 Å². The highest BCUT2D eigenvalue weighted by atomic mass is 19.4. The second-order valence-electron chi connectivity index (χ2n) is 5.46. The van der Waals surface area contributed by atoms with E-state index < -0.39 is 11.7 Å². The number of hydrogen-bond donors (Lipinski definition) is 0. The van der Waals surface area contributed by atoms with E-state index in [1.807, 2.05) is 0 Å². The quantitative estimate of drug-likeness (QED) is 0.854. The summed E-state index contributed by atoms with van der Waals surface area (Å²) in [6.07, 6.45) is -2.40. The maximum Gasteiger partial charge on any atom is 0.416 e. The van der Waals surface area contributed by atoms with E-state index in [2.05, 4.69) is 9.97 Å². The summed E-state index contributed by atoms with van der Waals surface area (Å²) in [6, 6.07) is 5.05. The van der Waals surface area contributed by atoms with Gasteiger partial charge in [0.15, 0.2) is 0 Å². The van der Waals surface area contributed by atoms with Crippen LogP contribution in [0.1, 0.15) is 32.9 Å². The number of aryl methyl sites for hydroxylation is 1. The Morgan fingerprint density at radius 3 is 2.78 bits per heavy atom. The van der Waals surface area contributed by atoms with Gasteiger partial charge in [-0.05, 0) is 24.6 Å². The van der Waals surface area contributed by atoms with Crippen LogP contribution in [0.3, 0.4) is 0 Å². The average molecular weight is 321 g/mol. The van der Waals surface area contributed by atoms with Crippen LogP contribution in [-0.2, 0) is 19.1 Å². The molecule has 0 N–H and O–H groups in total. The summed E-state index contributed by atoms with van der Waals surface area (Å²) >= 11 is 0. The van der Waals surface area contributed by atoms with Gasteiger partial charge in [0, 0.05) is 19.5 Å². The molecule has 4 nitrogen and oxygen atoms in total. The van der Waals surface area contributed by atoms with Crippen molar-refractivity contribution in [2.45, 2.75) is 26.1 Å². The van der Waals surface area contributed by atoms with Gasteiger partial charge in [-0.15, -0.1) is 0 Å². The molecule has 0 saturated heterocycles. The molecule has 2 heterocycles. The normalized spacial score (nSPS) is 14.8. The molecule has 120 valence electrons. The first-order chi connectivity index (χ1) is 10.9. The van der Waals surface area contributed by atoms with Gasteiger partial charge in [0.2, 0.25) is 0 Å². The molecular formula is C16H14F3N3O. The summed E-state index contributed by atoms with van der Waals surface area (Å²) < 4.78 is 38.3. The standard InChI is InChI=1S/C16H14F3N3O/c1-10-14-13(21-9-20-10)5-6-22(15(14)23)8-11-3-2-4-12(7-11)16(17,18)19/h2-4,7,9H,5-6,8H2,1H3. The lowest BCUT2D eigenvalue weighted by atomic mass is 10.0. The van der Waals surface area contributed by atoms with Gasteiger partial charge in [-0.2, -0.15) is 13.2 Å². The van der Waals surface area contributed by atoms with E-state index in [1.165, 1.54) is 17.3 Å². The van der Waals surface area contributed by atoms with Gasteiger partial charge < -0.3 is 4.90 Å². The van der Waals surface area contributed by atoms with Crippen LogP contribution in [0.15, 0.2) is 30.6 Å². The summed E-state index contributed by atoms with van der Waals surface area (Å²) in [5, 5.41) is 0. The number of alkyl halides is 3. The van der Waals surface area contributed by atoms with Crippen LogP contribution in [0.25, 0.3) is 0 Å². The molecule has 0 atom stereocenters. The predicted octanol–water partition coefficient (Wildman–Crippen LogP) is 3.00. The second kappa shape index (κ2) is 5.64. The maximum absolute atomic E-state index is 12.8. The Morgan fingerprint density at radius 1 is 1.26 bits per heavy atom. The average Bonchev–Trinajstić information content (AvgIpc) is 2.50. The van der Waals surface area contributed by atoms with Crippen molar-refractivity contribution in [1.29, 1.82) is 0 Å². The molecule has 2 aromatic rings. The number of aromatic nitrogens is 2. The molecule has 1 aromatic carbocycles. The van der Waals surface area contributed by atoms with Crippen LogP contribution in [0.4, 0.5) is 13.2 Å². The van der Waals surface area contributed by atoms with Crippen molar-refractivity contribution in [2.24, 2.45) is 0 Å². The molecule has 1 aliphatic rings. The van der Waals surface area contributed by atoms with E-state index in [0.29, 0.717) is 35.5 Å². The Hall–Kier alpha value is -2.44. The first kappa shape index (κ1) is 15.5. The van der Waals surface area contributed by atoms with E-state index in [0.717, 1.165) is 12.1 Å². The molecule has 1 aliphatic heterocycles. The van der Waals surface area contributed by atoms with Gasteiger partial charge in [0.25, 0.3) is 5.91 Å². The lowest BCUT2D eigenvalue weighted by molar-refractivity contribution is -0.137. The highest BCUT2D eigenvalue weighted by Gasteiger charge is 2.31. The van der Waals surface area contributed by atoms with Crippen molar-refractivity contribution in [3.63, 3.8) is 0 Å². The molecule has 0 saturated carbocycles. The Morgan fingerprint density at radius 2 is 2.04 bits per heavy atom. The molecule has 0 radical (unpaired) electrons. The monoisotopic (exact) mass is 321 g/mol. The second-order valence-corrected chi connectivity index (χ2v) is 5.46. The van der Waals surface area contributed by atoms with E-state index in [1.54, 1.807) is 13.0 Å². The fourth-order valence-electron chi connectivity index (χ4n) is 2.71. The van der Waals surface area contributed by atoms with Crippen LogP contribution in [0, 0.1) is 6.92 Å². The van der Waals surface area contributed by atoms with Gasteiger partial charge in [-0.25, -0.2) is 9.97 Å². The van der Waals surface area contributed by atoms with Gasteiger partial charge in [0.05, 0.1) is 22.5 Å². The van der Waals surface area contributed by atoms with E-state index in [4.69, 9.17) is 0 Å². The molecule has 0 unspecified atom stereocenters. The SMILES string of the molecule is Cc1ncnc2c1C(=O)N(Cc1cccc(C(F)(F)F)c1)CC2. The van der Waals surface area contributed by atoms with Crippen LogP contribution in [0.5, 0.6) is 0 Å². The van der Waals surface area contributed by atoms with Crippen molar-refractivity contribution in [1.82, 2.24) is 14.9 Å². The molecule has 3 rings (SSSR count). The van der Waals surface area contributed by atoms with Gasteiger partial charge in [-0.1, -0.05) is 12.1 Å². The topological polar surface area (TPSA) is 46.1 Å². The molecule has 7 heteroatoms. The summed E-state index contributed by atoms with van der Waals surface area (Å²) in [5.41, 5.74) is 1.49. The fourth-order valence-corrected chi connectivity index (χ4v) is 2.71. The molecule has 1 aromatic heterocycles. The van der Waals surface area contributed by atoms with Crippen molar-refractivity contribution < 1.29 is 18.0 Å². The van der Waals surface area contributed by atoms with Crippen molar-refractivity contribution in [3.05, 3.63) is 58.7 Å². The molecule has 0 fully saturated rings. The summed E-state index contributed by atoms with van der Waals surface area (Å²) in [5.74, 6) is -0.234. The molecule has 0 bridgehead atoms. The summed E-state index contributed by atoms with van der Waals surface area (Å²) in [6.45, 7) is 2.29. The number of rotatable bonds is 2. The number of carbonyl (C=O) groups excluding carboxylic acids is 1. The lowest BCUT2D eigenvalue weighted by Gasteiger charge is -2.28. The third-order valence-electron chi connectivity index (χ3n) is 3.86. The van der Waals surface area contributed by atoms with E-state index in [9.17, 15) is 18.0 Å². The minimum absolute atomic E-state index is 0.135. The highest BCUT2D eigenvalue weighted by molar-refractivity contribution is 5.97. The number of carbonyl (C=O) groups is 1. The number of benzene rings is 1.